The molecule has 2 aliphatic rings. The maximum atomic E-state index is 11.9. The zero-order chi connectivity index (χ0) is 12.8. The molecule has 104 valence electrons. The molecule has 2 heterocycles. The molecule has 0 aromatic heterocycles. The van der Waals surface area contributed by atoms with Gasteiger partial charge in [0.25, 0.3) is 0 Å². The van der Waals surface area contributed by atoms with Crippen LogP contribution in [0, 0.1) is 0 Å². The van der Waals surface area contributed by atoms with Crippen LogP contribution in [-0.2, 0) is 9.53 Å². The van der Waals surface area contributed by atoms with Crippen molar-refractivity contribution < 1.29 is 9.53 Å². The number of carbonyl (C=O) groups excluding carboxylic acids is 1. The number of morpholine rings is 1. The van der Waals surface area contributed by atoms with E-state index in [1.807, 2.05) is 4.90 Å². The Morgan fingerprint density at radius 3 is 2.56 bits per heavy atom. The first-order valence-corrected chi connectivity index (χ1v) is 7.07. The van der Waals surface area contributed by atoms with Crippen LogP contribution >= 0.6 is 0 Å². The monoisotopic (exact) mass is 255 g/mol. The summed E-state index contributed by atoms with van der Waals surface area (Å²) >= 11 is 0. The lowest BCUT2D eigenvalue weighted by molar-refractivity contribution is -0.134. The Labute approximate surface area is 109 Å². The molecule has 0 radical (unpaired) electrons. The van der Waals surface area contributed by atoms with E-state index in [2.05, 4.69) is 17.1 Å². The van der Waals surface area contributed by atoms with E-state index in [1.54, 1.807) is 0 Å². The Balaban J connectivity index is 1.60. The molecular weight excluding hydrogens is 230 g/mol. The molecule has 18 heavy (non-hydrogen) atoms. The lowest BCUT2D eigenvalue weighted by atomic mass is 10.3. The fourth-order valence-electron chi connectivity index (χ4n) is 2.62. The van der Waals surface area contributed by atoms with Crippen LogP contribution in [0.5, 0.6) is 0 Å². The third-order valence-corrected chi connectivity index (χ3v) is 3.84. The zero-order valence-electron chi connectivity index (χ0n) is 11.4. The van der Waals surface area contributed by atoms with Crippen LogP contribution in [0.25, 0.3) is 0 Å². The molecule has 2 fully saturated rings. The van der Waals surface area contributed by atoms with Gasteiger partial charge in [-0.05, 0) is 32.9 Å². The van der Waals surface area contributed by atoms with Crippen LogP contribution in [-0.4, -0.2) is 74.2 Å². The van der Waals surface area contributed by atoms with E-state index < -0.39 is 0 Å². The van der Waals surface area contributed by atoms with E-state index in [9.17, 15) is 4.79 Å². The van der Waals surface area contributed by atoms with E-state index in [1.165, 1.54) is 25.9 Å². The largest absolute Gasteiger partial charge is 0.378 e. The predicted octanol–water partition coefficient (Wildman–Crippen LogP) is -0.0809. The van der Waals surface area contributed by atoms with Crippen molar-refractivity contribution in [2.75, 3.05) is 52.5 Å². The lowest BCUT2D eigenvalue weighted by Crippen LogP contribution is -2.46. The number of nitrogens with zero attached hydrogens (tertiary/aromatic N) is 2. The summed E-state index contributed by atoms with van der Waals surface area (Å²) in [5.41, 5.74) is 0. The maximum Gasteiger partial charge on any atom is 0.236 e. The van der Waals surface area contributed by atoms with Crippen molar-refractivity contribution in [3.05, 3.63) is 0 Å². The molecule has 2 saturated heterocycles. The average Bonchev–Trinajstić information content (AvgIpc) is 2.93. The Kier molecular flexibility index (Phi) is 5.41. The van der Waals surface area contributed by atoms with Crippen molar-refractivity contribution in [2.24, 2.45) is 0 Å². The van der Waals surface area contributed by atoms with E-state index in [-0.39, 0.29) is 5.91 Å². The van der Waals surface area contributed by atoms with Gasteiger partial charge in [0.15, 0.2) is 0 Å². The van der Waals surface area contributed by atoms with Gasteiger partial charge in [0.05, 0.1) is 19.8 Å². The first kappa shape index (κ1) is 13.8. The first-order valence-electron chi connectivity index (χ1n) is 7.07. The second-order valence-electron chi connectivity index (χ2n) is 5.22. The van der Waals surface area contributed by atoms with Gasteiger partial charge >= 0.3 is 0 Å². The van der Waals surface area contributed by atoms with Gasteiger partial charge in [0.2, 0.25) is 5.91 Å². The van der Waals surface area contributed by atoms with Gasteiger partial charge in [-0.3, -0.25) is 9.69 Å². The van der Waals surface area contributed by atoms with Gasteiger partial charge in [-0.25, -0.2) is 0 Å². The van der Waals surface area contributed by atoms with Crippen LogP contribution in [0.4, 0.5) is 0 Å². The van der Waals surface area contributed by atoms with E-state index >= 15 is 0 Å². The molecular formula is C13H25N3O2. The Bertz CT molecular complexity index is 261. The van der Waals surface area contributed by atoms with Crippen LogP contribution < -0.4 is 5.32 Å². The second kappa shape index (κ2) is 7.07. The fraction of sp³-hybridized carbons (Fsp3) is 0.923. The van der Waals surface area contributed by atoms with Gasteiger partial charge in [-0.1, -0.05) is 0 Å². The molecule has 0 spiro atoms. The van der Waals surface area contributed by atoms with Gasteiger partial charge in [-0.15, -0.1) is 0 Å². The number of nitrogens with one attached hydrogen (secondary N) is 1. The molecule has 0 bridgehead atoms. The minimum Gasteiger partial charge on any atom is -0.378 e. The van der Waals surface area contributed by atoms with Crippen molar-refractivity contribution in [3.8, 4) is 0 Å². The summed E-state index contributed by atoms with van der Waals surface area (Å²) < 4.78 is 5.24. The summed E-state index contributed by atoms with van der Waals surface area (Å²) in [6.45, 7) is 8.84. The van der Waals surface area contributed by atoms with Crippen LogP contribution in [0.1, 0.15) is 19.8 Å². The van der Waals surface area contributed by atoms with Crippen molar-refractivity contribution in [2.45, 2.75) is 25.8 Å². The molecule has 0 aromatic carbocycles. The maximum absolute atomic E-state index is 11.9. The van der Waals surface area contributed by atoms with Crippen LogP contribution in [0.3, 0.4) is 0 Å². The second-order valence-corrected chi connectivity index (χ2v) is 5.22. The number of rotatable bonds is 5. The SMILES string of the molecule is CC(CNCC(=O)N1CCOCC1)N1CCCC1. The molecule has 0 aliphatic carbocycles. The normalized spacial score (nSPS) is 23.3. The molecule has 1 atom stereocenters. The fourth-order valence-corrected chi connectivity index (χ4v) is 2.62. The number of hydrogen-bond acceptors (Lipinski definition) is 4. The zero-order valence-corrected chi connectivity index (χ0v) is 11.4. The van der Waals surface area contributed by atoms with Crippen molar-refractivity contribution in [1.29, 1.82) is 0 Å². The van der Waals surface area contributed by atoms with Gasteiger partial charge < -0.3 is 15.0 Å². The summed E-state index contributed by atoms with van der Waals surface area (Å²) in [6, 6.07) is 0.532. The van der Waals surface area contributed by atoms with Crippen molar-refractivity contribution in [3.63, 3.8) is 0 Å². The average molecular weight is 255 g/mol. The molecule has 0 saturated carbocycles. The van der Waals surface area contributed by atoms with Gasteiger partial charge in [-0.2, -0.15) is 0 Å². The summed E-state index contributed by atoms with van der Waals surface area (Å²) in [5, 5.41) is 3.29. The number of amides is 1. The minimum atomic E-state index is 0.201. The third kappa shape index (κ3) is 3.93. The van der Waals surface area contributed by atoms with Gasteiger partial charge in [0.1, 0.15) is 0 Å². The summed E-state index contributed by atoms with van der Waals surface area (Å²) in [7, 11) is 0. The van der Waals surface area contributed by atoms with Crippen molar-refractivity contribution in [1.82, 2.24) is 15.1 Å². The highest BCUT2D eigenvalue weighted by atomic mass is 16.5. The van der Waals surface area contributed by atoms with Crippen LogP contribution in [0.15, 0.2) is 0 Å². The molecule has 1 N–H and O–H groups in total. The third-order valence-electron chi connectivity index (χ3n) is 3.84. The Morgan fingerprint density at radius 1 is 1.22 bits per heavy atom. The molecule has 1 unspecified atom stereocenters. The molecule has 0 aromatic rings. The highest BCUT2D eigenvalue weighted by Gasteiger charge is 2.19. The standard InChI is InChI=1S/C13H25N3O2/c1-12(15-4-2-3-5-15)10-14-11-13(17)16-6-8-18-9-7-16/h12,14H,2-11H2,1H3. The molecule has 5 nitrogen and oxygen atoms in total. The Hall–Kier alpha value is -0.650. The van der Waals surface area contributed by atoms with E-state index in [0.717, 1.165) is 19.6 Å². The minimum absolute atomic E-state index is 0.201. The predicted molar refractivity (Wildman–Crippen MR) is 70.5 cm³/mol. The number of ether oxygens (including phenoxy) is 1. The molecule has 2 aliphatic heterocycles. The quantitative estimate of drug-likeness (QED) is 0.746. The lowest BCUT2D eigenvalue weighted by Gasteiger charge is -2.28. The summed E-state index contributed by atoms with van der Waals surface area (Å²) in [5.74, 6) is 0.201. The molecule has 2 rings (SSSR count). The number of carbonyl (C=O) groups is 1. The number of hydrogen-bond donors (Lipinski definition) is 1. The van der Waals surface area contributed by atoms with Gasteiger partial charge in [0, 0.05) is 25.7 Å². The van der Waals surface area contributed by atoms with E-state index in [4.69, 9.17) is 4.74 Å². The highest BCUT2D eigenvalue weighted by molar-refractivity contribution is 5.78. The summed E-state index contributed by atoms with van der Waals surface area (Å²) in [4.78, 5) is 16.3. The topological polar surface area (TPSA) is 44.8 Å². The smallest absolute Gasteiger partial charge is 0.236 e. The molecule has 5 heteroatoms. The van der Waals surface area contributed by atoms with E-state index in [0.29, 0.717) is 25.8 Å². The number of likely N-dealkylation sites (tertiary alicyclic amines) is 1. The Morgan fingerprint density at radius 2 is 1.89 bits per heavy atom. The first-order chi connectivity index (χ1) is 8.77. The van der Waals surface area contributed by atoms with Crippen LogP contribution in [0.2, 0.25) is 0 Å². The summed E-state index contributed by atoms with van der Waals surface area (Å²) in [6.07, 6.45) is 2.63. The highest BCUT2D eigenvalue weighted by Crippen LogP contribution is 2.10. The van der Waals surface area contributed by atoms with Crippen molar-refractivity contribution >= 4 is 5.91 Å². The molecule has 1 amide bonds.